The lowest BCUT2D eigenvalue weighted by molar-refractivity contribution is 0.0505. The molecule has 4 rings (SSSR count). The first kappa shape index (κ1) is 19.9. The second-order valence-electron chi connectivity index (χ2n) is 7.57. The number of fused-ring (bicyclic) bond motifs is 1. The molecule has 0 radical (unpaired) electrons. The van der Waals surface area contributed by atoms with Gasteiger partial charge in [-0.2, -0.15) is 0 Å². The average molecular weight is 406 g/mol. The van der Waals surface area contributed by atoms with Crippen molar-refractivity contribution in [2.24, 2.45) is 0 Å². The quantitative estimate of drug-likeness (QED) is 0.609. The van der Waals surface area contributed by atoms with Crippen LogP contribution in [0.3, 0.4) is 0 Å². The van der Waals surface area contributed by atoms with Gasteiger partial charge in [0, 0.05) is 24.7 Å². The highest BCUT2D eigenvalue weighted by molar-refractivity contribution is 5.92. The number of likely N-dealkylation sites (tertiary alicyclic amines) is 1. The summed E-state index contributed by atoms with van der Waals surface area (Å²) in [5, 5.41) is 2.92. The van der Waals surface area contributed by atoms with Crippen molar-refractivity contribution in [3.63, 3.8) is 0 Å². The van der Waals surface area contributed by atoms with Crippen LogP contribution in [0.4, 0.5) is 10.5 Å². The lowest BCUT2D eigenvalue weighted by Gasteiger charge is -2.31. The number of hydrogen-bond donors (Lipinski definition) is 2. The largest absolute Gasteiger partial charge is 0.462 e. The molecule has 0 spiro atoms. The highest BCUT2D eigenvalue weighted by atomic mass is 16.5. The molecular formula is C23H26N4O3. The maximum atomic E-state index is 12.8. The van der Waals surface area contributed by atoms with Gasteiger partial charge in [-0.1, -0.05) is 19.1 Å². The van der Waals surface area contributed by atoms with Gasteiger partial charge in [0.05, 0.1) is 23.2 Å². The first-order valence-electron chi connectivity index (χ1n) is 10.4. The van der Waals surface area contributed by atoms with Gasteiger partial charge in [-0.3, -0.25) is 0 Å². The molecule has 0 unspecified atom stereocenters. The Morgan fingerprint density at radius 3 is 2.77 bits per heavy atom. The molecule has 1 fully saturated rings. The van der Waals surface area contributed by atoms with Crippen molar-refractivity contribution in [1.29, 1.82) is 0 Å². The van der Waals surface area contributed by atoms with Crippen LogP contribution in [0.15, 0.2) is 48.5 Å². The predicted octanol–water partition coefficient (Wildman–Crippen LogP) is 4.54. The number of rotatable bonds is 5. The summed E-state index contributed by atoms with van der Waals surface area (Å²) in [7, 11) is 0. The Bertz CT molecular complexity index is 995. The van der Waals surface area contributed by atoms with Crippen molar-refractivity contribution in [1.82, 2.24) is 14.9 Å². The van der Waals surface area contributed by atoms with Gasteiger partial charge in [-0.05, 0) is 55.7 Å². The smallest absolute Gasteiger partial charge is 0.338 e. The number of benzene rings is 2. The number of H-pyrrole nitrogens is 1. The topological polar surface area (TPSA) is 87.3 Å². The summed E-state index contributed by atoms with van der Waals surface area (Å²) in [5.41, 5.74) is 3.10. The Morgan fingerprint density at radius 1 is 1.20 bits per heavy atom. The van der Waals surface area contributed by atoms with E-state index in [2.05, 4.69) is 10.3 Å². The molecule has 1 aromatic heterocycles. The van der Waals surface area contributed by atoms with E-state index in [9.17, 15) is 9.59 Å². The third kappa shape index (κ3) is 4.45. The van der Waals surface area contributed by atoms with Gasteiger partial charge in [0.25, 0.3) is 0 Å². The SMILES string of the molecule is CCCOC(=O)c1ccc(NC(=O)N2CCC[C@@H](c3nc4ccccc4[nH]3)C2)cc1. The molecule has 7 nitrogen and oxygen atoms in total. The molecule has 2 N–H and O–H groups in total. The zero-order chi connectivity index (χ0) is 20.9. The number of piperidine rings is 1. The lowest BCUT2D eigenvalue weighted by Crippen LogP contribution is -2.41. The zero-order valence-electron chi connectivity index (χ0n) is 17.1. The predicted molar refractivity (Wildman–Crippen MR) is 116 cm³/mol. The molecule has 1 saturated heterocycles. The van der Waals surface area contributed by atoms with E-state index in [1.165, 1.54) is 0 Å². The van der Waals surface area contributed by atoms with Crippen molar-refractivity contribution < 1.29 is 14.3 Å². The Morgan fingerprint density at radius 2 is 2.00 bits per heavy atom. The second kappa shape index (κ2) is 8.98. The molecule has 2 heterocycles. The molecule has 3 aromatic rings. The monoisotopic (exact) mass is 406 g/mol. The minimum Gasteiger partial charge on any atom is -0.462 e. The number of ether oxygens (including phenoxy) is 1. The minimum absolute atomic E-state index is 0.142. The van der Waals surface area contributed by atoms with Gasteiger partial charge in [0.2, 0.25) is 0 Å². The number of anilines is 1. The van der Waals surface area contributed by atoms with Crippen molar-refractivity contribution >= 4 is 28.7 Å². The number of esters is 1. The van der Waals surface area contributed by atoms with Gasteiger partial charge >= 0.3 is 12.0 Å². The average Bonchev–Trinajstić information content (AvgIpc) is 3.22. The number of carbonyl (C=O) groups is 2. The molecule has 0 bridgehead atoms. The molecule has 1 aliphatic rings. The number of aromatic amines is 1. The number of nitrogens with one attached hydrogen (secondary N) is 2. The summed E-state index contributed by atoms with van der Waals surface area (Å²) in [4.78, 5) is 34.6. The molecule has 2 aromatic carbocycles. The number of nitrogens with zero attached hydrogens (tertiary/aromatic N) is 2. The van der Waals surface area contributed by atoms with Crippen LogP contribution in [-0.4, -0.2) is 46.6 Å². The van der Waals surface area contributed by atoms with Gasteiger partial charge < -0.3 is 19.9 Å². The van der Waals surface area contributed by atoms with E-state index in [0.29, 0.717) is 30.9 Å². The van der Waals surface area contributed by atoms with E-state index in [4.69, 9.17) is 9.72 Å². The summed E-state index contributed by atoms with van der Waals surface area (Å²) in [6, 6.07) is 14.6. The van der Waals surface area contributed by atoms with Gasteiger partial charge in [-0.15, -0.1) is 0 Å². The van der Waals surface area contributed by atoms with Crippen molar-refractivity contribution in [2.75, 3.05) is 25.0 Å². The van der Waals surface area contributed by atoms with Crippen molar-refractivity contribution in [3.05, 3.63) is 59.9 Å². The van der Waals surface area contributed by atoms with Crippen molar-refractivity contribution in [3.8, 4) is 0 Å². The van der Waals surface area contributed by atoms with Crippen LogP contribution in [0.25, 0.3) is 11.0 Å². The second-order valence-corrected chi connectivity index (χ2v) is 7.57. The number of imidazole rings is 1. The molecule has 0 aliphatic carbocycles. The Hall–Kier alpha value is -3.35. The summed E-state index contributed by atoms with van der Waals surface area (Å²) in [6.45, 7) is 3.68. The molecule has 30 heavy (non-hydrogen) atoms. The standard InChI is InChI=1S/C23H26N4O3/c1-2-14-30-22(28)16-9-11-18(12-10-16)24-23(29)27-13-5-6-17(15-27)21-25-19-7-3-4-8-20(19)26-21/h3-4,7-12,17H,2,5-6,13-15H2,1H3,(H,24,29)(H,25,26)/t17-/m1/s1. The van der Waals surface area contributed by atoms with Crippen LogP contribution in [-0.2, 0) is 4.74 Å². The van der Waals surface area contributed by atoms with E-state index >= 15 is 0 Å². The van der Waals surface area contributed by atoms with Crippen molar-refractivity contribution in [2.45, 2.75) is 32.1 Å². The molecular weight excluding hydrogens is 380 g/mol. The van der Waals surface area contributed by atoms with E-state index in [1.807, 2.05) is 36.1 Å². The maximum Gasteiger partial charge on any atom is 0.338 e. The highest BCUT2D eigenvalue weighted by Gasteiger charge is 2.27. The first-order valence-corrected chi connectivity index (χ1v) is 10.4. The Labute approximate surface area is 175 Å². The summed E-state index contributed by atoms with van der Waals surface area (Å²) < 4.78 is 5.13. The van der Waals surface area contributed by atoms with E-state index in [-0.39, 0.29) is 17.9 Å². The Balaban J connectivity index is 1.38. The maximum absolute atomic E-state index is 12.8. The summed E-state index contributed by atoms with van der Waals surface area (Å²) >= 11 is 0. The van der Waals surface area contributed by atoms with Crippen LogP contribution < -0.4 is 5.32 Å². The third-order valence-corrected chi connectivity index (χ3v) is 5.31. The fraction of sp³-hybridized carbons (Fsp3) is 0.348. The van der Waals surface area contributed by atoms with Crippen LogP contribution in [0.2, 0.25) is 0 Å². The number of aromatic nitrogens is 2. The minimum atomic E-state index is -0.348. The number of hydrogen-bond acceptors (Lipinski definition) is 4. The number of amides is 2. The van der Waals surface area contributed by atoms with Crippen LogP contribution in [0.1, 0.15) is 48.3 Å². The fourth-order valence-electron chi connectivity index (χ4n) is 3.72. The van der Waals surface area contributed by atoms with Crippen LogP contribution >= 0.6 is 0 Å². The summed E-state index contributed by atoms with van der Waals surface area (Å²) in [5.74, 6) is 0.774. The molecule has 1 aliphatic heterocycles. The fourth-order valence-corrected chi connectivity index (χ4v) is 3.72. The molecule has 156 valence electrons. The Kier molecular flexibility index (Phi) is 5.97. The van der Waals surface area contributed by atoms with Crippen LogP contribution in [0.5, 0.6) is 0 Å². The third-order valence-electron chi connectivity index (χ3n) is 5.31. The first-order chi connectivity index (χ1) is 14.6. The van der Waals surface area contributed by atoms with E-state index < -0.39 is 0 Å². The normalized spacial score (nSPS) is 16.4. The van der Waals surface area contributed by atoms with Crippen LogP contribution in [0, 0.1) is 0 Å². The van der Waals surface area contributed by atoms with E-state index in [0.717, 1.165) is 36.1 Å². The van der Waals surface area contributed by atoms with Gasteiger partial charge in [-0.25, -0.2) is 14.6 Å². The highest BCUT2D eigenvalue weighted by Crippen LogP contribution is 2.27. The number of para-hydroxylation sites is 2. The van der Waals surface area contributed by atoms with E-state index in [1.54, 1.807) is 24.3 Å². The lowest BCUT2D eigenvalue weighted by atomic mass is 9.97. The zero-order valence-corrected chi connectivity index (χ0v) is 17.1. The summed E-state index contributed by atoms with van der Waals surface area (Å²) in [6.07, 6.45) is 2.71. The molecule has 1 atom stereocenters. The molecule has 7 heteroatoms. The number of carbonyl (C=O) groups excluding carboxylic acids is 2. The molecule has 2 amide bonds. The molecule has 0 saturated carbocycles. The number of urea groups is 1. The van der Waals surface area contributed by atoms with Gasteiger partial charge in [0.15, 0.2) is 0 Å². The van der Waals surface area contributed by atoms with Gasteiger partial charge in [0.1, 0.15) is 5.82 Å².